The molecule has 0 saturated heterocycles. The molecule has 0 saturated carbocycles. The minimum absolute atomic E-state index is 0.416. The molecule has 0 aromatic carbocycles. The van der Waals surface area contributed by atoms with E-state index in [0.717, 1.165) is 11.4 Å². The maximum atomic E-state index is 11.0. The van der Waals surface area contributed by atoms with Gasteiger partial charge in [0.15, 0.2) is 0 Å². The van der Waals surface area contributed by atoms with Gasteiger partial charge in [0, 0.05) is 25.8 Å². The average molecular weight is 293 g/mol. The van der Waals surface area contributed by atoms with Crippen molar-refractivity contribution in [2.75, 3.05) is 18.5 Å². The molecule has 0 aliphatic rings. The molecule has 21 heavy (non-hydrogen) atoms. The van der Waals surface area contributed by atoms with Gasteiger partial charge in [-0.3, -0.25) is 4.79 Å². The molecule has 0 unspecified atom stereocenters. The van der Waals surface area contributed by atoms with Gasteiger partial charge in [0.2, 0.25) is 0 Å². The molecule has 0 aliphatic heterocycles. The van der Waals surface area contributed by atoms with E-state index in [1.807, 2.05) is 19.3 Å². The highest BCUT2D eigenvalue weighted by molar-refractivity contribution is 5.73. The number of nitrogens with one attached hydrogen (secondary N) is 1. The van der Waals surface area contributed by atoms with Crippen LogP contribution in [-0.2, 0) is 11.3 Å². The van der Waals surface area contributed by atoms with E-state index >= 15 is 0 Å². The van der Waals surface area contributed by atoms with E-state index in [9.17, 15) is 4.79 Å². The molecule has 1 rings (SSSR count). The summed E-state index contributed by atoms with van der Waals surface area (Å²) in [5, 5.41) is 12.3. The normalized spacial score (nSPS) is 11.7. The summed E-state index contributed by atoms with van der Waals surface area (Å²) in [5.41, 5.74) is 0.416. The van der Waals surface area contributed by atoms with Crippen LogP contribution in [0.25, 0.3) is 0 Å². The lowest BCUT2D eigenvalue weighted by atomic mass is 9.90. The molecular formula is C16H27N3O2. The molecule has 0 amide bonds. The lowest BCUT2D eigenvalue weighted by Gasteiger charge is -2.22. The second-order valence-electron chi connectivity index (χ2n) is 6.35. The maximum Gasteiger partial charge on any atom is 0.309 e. The summed E-state index contributed by atoms with van der Waals surface area (Å²) in [5.74, 6) is 0.202. The summed E-state index contributed by atoms with van der Waals surface area (Å²) in [4.78, 5) is 17.6. The summed E-state index contributed by atoms with van der Waals surface area (Å²) in [6, 6.07) is 4.48. The molecule has 0 bridgehead atoms. The number of aliphatic carboxylic acids is 1. The Kier molecular flexibility index (Phi) is 6.15. The predicted octanol–water partition coefficient (Wildman–Crippen LogP) is 2.52. The number of nitrogens with zero attached hydrogens (tertiary/aromatic N) is 2. The van der Waals surface area contributed by atoms with Crippen molar-refractivity contribution in [2.45, 2.75) is 46.7 Å². The molecule has 0 aliphatic carbocycles. The van der Waals surface area contributed by atoms with Crippen molar-refractivity contribution < 1.29 is 9.90 Å². The number of hydrogen-bond acceptors (Lipinski definition) is 4. The number of carbonyl (C=O) groups is 1. The molecule has 0 atom stereocenters. The average Bonchev–Trinajstić information content (AvgIpc) is 2.43. The second kappa shape index (κ2) is 7.41. The van der Waals surface area contributed by atoms with Crippen LogP contribution in [0.2, 0.25) is 0 Å². The summed E-state index contributed by atoms with van der Waals surface area (Å²) in [6.07, 6.45) is 2.47. The summed E-state index contributed by atoms with van der Waals surface area (Å²) in [6.45, 7) is 9.12. The maximum absolute atomic E-state index is 11.0. The largest absolute Gasteiger partial charge is 0.481 e. The fraction of sp³-hybridized carbons (Fsp3) is 0.625. The smallest absolute Gasteiger partial charge is 0.309 e. The van der Waals surface area contributed by atoms with Crippen LogP contribution >= 0.6 is 0 Å². The Morgan fingerprint density at radius 3 is 2.57 bits per heavy atom. The molecular weight excluding hydrogens is 266 g/mol. The van der Waals surface area contributed by atoms with Gasteiger partial charge in [0.25, 0.3) is 0 Å². The van der Waals surface area contributed by atoms with Crippen LogP contribution < -0.4 is 10.2 Å². The highest BCUT2D eigenvalue weighted by atomic mass is 16.4. The van der Waals surface area contributed by atoms with E-state index in [0.29, 0.717) is 25.6 Å². The van der Waals surface area contributed by atoms with E-state index in [-0.39, 0.29) is 0 Å². The first kappa shape index (κ1) is 17.4. The quantitative estimate of drug-likeness (QED) is 0.721. The minimum Gasteiger partial charge on any atom is -0.481 e. The molecule has 0 fully saturated rings. The standard InChI is InChI=1S/C16H27N3O2/c1-12(2)19(5)14-7-6-13(11-18-14)10-17-9-8-16(3,4)15(20)21/h6-7,11-12,17H,8-10H2,1-5H3,(H,20,21). The zero-order valence-electron chi connectivity index (χ0n) is 13.7. The Labute approximate surface area is 127 Å². The van der Waals surface area contributed by atoms with E-state index in [1.54, 1.807) is 13.8 Å². The van der Waals surface area contributed by atoms with Crippen LogP contribution in [0.1, 0.15) is 39.7 Å². The molecule has 5 nitrogen and oxygen atoms in total. The zero-order chi connectivity index (χ0) is 16.0. The Balaban J connectivity index is 2.42. The Morgan fingerprint density at radius 1 is 1.43 bits per heavy atom. The van der Waals surface area contributed by atoms with Gasteiger partial charge in [-0.2, -0.15) is 0 Å². The molecule has 0 radical (unpaired) electrons. The first-order valence-corrected chi connectivity index (χ1v) is 7.36. The van der Waals surface area contributed by atoms with Crippen LogP contribution in [0.15, 0.2) is 18.3 Å². The summed E-state index contributed by atoms with van der Waals surface area (Å²) in [7, 11) is 2.03. The number of hydrogen-bond donors (Lipinski definition) is 2. The Hall–Kier alpha value is -1.62. The van der Waals surface area contributed by atoms with Gasteiger partial charge in [-0.1, -0.05) is 6.07 Å². The van der Waals surface area contributed by atoms with E-state index < -0.39 is 11.4 Å². The highest BCUT2D eigenvalue weighted by Gasteiger charge is 2.25. The van der Waals surface area contributed by atoms with Crippen molar-refractivity contribution in [3.05, 3.63) is 23.9 Å². The third-order valence-electron chi connectivity index (χ3n) is 3.78. The summed E-state index contributed by atoms with van der Waals surface area (Å²) < 4.78 is 0. The Morgan fingerprint density at radius 2 is 2.10 bits per heavy atom. The van der Waals surface area contributed by atoms with E-state index in [1.165, 1.54) is 0 Å². The number of rotatable bonds is 8. The summed E-state index contributed by atoms with van der Waals surface area (Å²) >= 11 is 0. The monoisotopic (exact) mass is 293 g/mol. The fourth-order valence-corrected chi connectivity index (χ4v) is 1.73. The highest BCUT2D eigenvalue weighted by Crippen LogP contribution is 2.19. The van der Waals surface area contributed by atoms with Gasteiger partial charge in [-0.25, -0.2) is 4.98 Å². The van der Waals surface area contributed by atoms with Crippen molar-refractivity contribution in [2.24, 2.45) is 5.41 Å². The second-order valence-corrected chi connectivity index (χ2v) is 6.35. The lowest BCUT2D eigenvalue weighted by molar-refractivity contribution is -0.147. The third kappa shape index (κ3) is 5.34. The van der Waals surface area contributed by atoms with Crippen LogP contribution in [0.4, 0.5) is 5.82 Å². The SMILES string of the molecule is CC(C)N(C)c1ccc(CNCCC(C)(C)C(=O)O)cn1. The first-order chi connectivity index (χ1) is 9.74. The van der Waals surface area contributed by atoms with Gasteiger partial charge in [0.05, 0.1) is 5.41 Å². The molecule has 118 valence electrons. The first-order valence-electron chi connectivity index (χ1n) is 7.36. The van der Waals surface area contributed by atoms with Gasteiger partial charge < -0.3 is 15.3 Å². The molecule has 0 spiro atoms. The number of anilines is 1. The van der Waals surface area contributed by atoms with Crippen LogP contribution in [0.5, 0.6) is 0 Å². The number of pyridine rings is 1. The lowest BCUT2D eigenvalue weighted by Crippen LogP contribution is -2.29. The van der Waals surface area contributed by atoms with Crippen molar-refractivity contribution >= 4 is 11.8 Å². The van der Waals surface area contributed by atoms with E-state index in [2.05, 4.69) is 35.1 Å². The van der Waals surface area contributed by atoms with Crippen LogP contribution in [0, 0.1) is 5.41 Å². The number of carboxylic acids is 1. The van der Waals surface area contributed by atoms with Gasteiger partial charge in [-0.05, 0) is 52.3 Å². The van der Waals surface area contributed by atoms with Crippen LogP contribution in [-0.4, -0.2) is 35.7 Å². The van der Waals surface area contributed by atoms with Crippen molar-refractivity contribution in [1.29, 1.82) is 0 Å². The van der Waals surface area contributed by atoms with E-state index in [4.69, 9.17) is 5.11 Å². The van der Waals surface area contributed by atoms with Gasteiger partial charge >= 0.3 is 5.97 Å². The predicted molar refractivity (Wildman–Crippen MR) is 85.5 cm³/mol. The molecule has 1 heterocycles. The Bertz CT molecular complexity index is 455. The van der Waals surface area contributed by atoms with Crippen molar-refractivity contribution in [3.63, 3.8) is 0 Å². The number of aromatic nitrogens is 1. The third-order valence-corrected chi connectivity index (χ3v) is 3.78. The molecule has 5 heteroatoms. The van der Waals surface area contributed by atoms with Gasteiger partial charge in [-0.15, -0.1) is 0 Å². The molecule has 1 aromatic heterocycles. The molecule has 1 aromatic rings. The zero-order valence-corrected chi connectivity index (χ0v) is 13.7. The van der Waals surface area contributed by atoms with Gasteiger partial charge in [0.1, 0.15) is 5.82 Å². The molecule has 2 N–H and O–H groups in total. The van der Waals surface area contributed by atoms with Crippen molar-refractivity contribution in [1.82, 2.24) is 10.3 Å². The van der Waals surface area contributed by atoms with Crippen molar-refractivity contribution in [3.8, 4) is 0 Å². The minimum atomic E-state index is -0.757. The topological polar surface area (TPSA) is 65.5 Å². The number of carboxylic acid groups (broad SMARTS) is 1. The fourth-order valence-electron chi connectivity index (χ4n) is 1.73. The van der Waals surface area contributed by atoms with Crippen LogP contribution in [0.3, 0.4) is 0 Å².